The number of hydrogen-bond acceptors (Lipinski definition) is 5. The first-order chi connectivity index (χ1) is 16.5. The number of aryl methyl sites for hydroxylation is 1. The fourth-order valence-electron chi connectivity index (χ4n) is 3.71. The van der Waals surface area contributed by atoms with Crippen molar-refractivity contribution in [1.29, 1.82) is 0 Å². The Kier molecular flexibility index (Phi) is 5.61. The number of H-pyrrole nitrogens is 1. The van der Waals surface area contributed by atoms with Crippen molar-refractivity contribution in [3.63, 3.8) is 0 Å². The molecule has 3 aromatic carbocycles. The number of nitrogens with zero attached hydrogens (tertiary/aromatic N) is 3. The first kappa shape index (κ1) is 21.5. The molecule has 0 atom stereocenters. The van der Waals surface area contributed by atoms with Crippen LogP contribution in [0.1, 0.15) is 26.5 Å². The first-order valence-corrected chi connectivity index (χ1v) is 10.8. The molecule has 5 rings (SSSR count). The second kappa shape index (κ2) is 8.88. The van der Waals surface area contributed by atoms with E-state index in [1.165, 1.54) is 0 Å². The Bertz CT molecular complexity index is 1510. The molecule has 0 fully saturated rings. The number of aldehydes is 1. The molecule has 0 unspecified atom stereocenters. The molecule has 0 bridgehead atoms. The van der Waals surface area contributed by atoms with Crippen molar-refractivity contribution in [2.75, 3.05) is 5.32 Å². The molecule has 7 nitrogen and oxygen atoms in total. The molecule has 0 aliphatic heterocycles. The summed E-state index contributed by atoms with van der Waals surface area (Å²) in [5, 5.41) is 3.47. The molecular weight excluding hydrogens is 450 g/mol. The van der Waals surface area contributed by atoms with Crippen LogP contribution in [0.2, 0.25) is 5.02 Å². The van der Waals surface area contributed by atoms with E-state index in [9.17, 15) is 9.59 Å². The summed E-state index contributed by atoms with van der Waals surface area (Å²) in [6, 6.07) is 18.5. The zero-order valence-electron chi connectivity index (χ0n) is 18.0. The highest BCUT2D eigenvalue weighted by molar-refractivity contribution is 6.33. The lowest BCUT2D eigenvalue weighted by atomic mass is 10.0. The summed E-state index contributed by atoms with van der Waals surface area (Å²) in [5.41, 5.74) is 5.98. The van der Waals surface area contributed by atoms with Crippen molar-refractivity contribution in [3.8, 4) is 22.5 Å². The number of amides is 1. The number of hydrogen-bond donors (Lipinski definition) is 2. The molecule has 2 N–H and O–H groups in total. The van der Waals surface area contributed by atoms with Gasteiger partial charge in [0, 0.05) is 34.8 Å². The fraction of sp³-hybridized carbons (Fsp3) is 0.0385. The second-order valence-electron chi connectivity index (χ2n) is 7.73. The van der Waals surface area contributed by atoms with E-state index < -0.39 is 0 Å². The lowest BCUT2D eigenvalue weighted by Crippen LogP contribution is -2.13. The number of nitrogens with one attached hydrogen (secondary N) is 2. The molecule has 0 spiro atoms. The Morgan fingerprint density at radius 1 is 1.00 bits per heavy atom. The van der Waals surface area contributed by atoms with Gasteiger partial charge in [0.2, 0.25) is 0 Å². The molecule has 166 valence electrons. The predicted octanol–water partition coefficient (Wildman–Crippen LogP) is 5.71. The van der Waals surface area contributed by atoms with Gasteiger partial charge in [0.25, 0.3) is 5.91 Å². The number of fused-ring (bicyclic) bond motifs is 1. The Balaban J connectivity index is 1.39. The summed E-state index contributed by atoms with van der Waals surface area (Å²) in [5.74, 6) is 0.515. The van der Waals surface area contributed by atoms with E-state index in [1.807, 2.05) is 43.3 Å². The molecule has 0 saturated heterocycles. The van der Waals surface area contributed by atoms with Gasteiger partial charge < -0.3 is 10.3 Å². The largest absolute Gasteiger partial charge is 0.338 e. The minimum atomic E-state index is -0.241. The SMILES string of the molecule is Cc1cc(-c2cnc(C=O)nc2)ccc1C(=O)Nc1ccc(Cl)c(-c2nc3ccccc3[nH]2)c1. The van der Waals surface area contributed by atoms with Crippen molar-refractivity contribution in [2.45, 2.75) is 6.92 Å². The van der Waals surface area contributed by atoms with Gasteiger partial charge in [-0.25, -0.2) is 15.0 Å². The van der Waals surface area contributed by atoms with E-state index in [0.29, 0.717) is 33.9 Å². The number of para-hydroxylation sites is 2. The Morgan fingerprint density at radius 2 is 1.79 bits per heavy atom. The number of aromatic nitrogens is 4. The lowest BCUT2D eigenvalue weighted by Gasteiger charge is -2.11. The molecule has 1 amide bonds. The van der Waals surface area contributed by atoms with Crippen molar-refractivity contribution < 1.29 is 9.59 Å². The Labute approximate surface area is 199 Å². The number of carbonyl (C=O) groups is 2. The minimum absolute atomic E-state index is 0.126. The van der Waals surface area contributed by atoms with Gasteiger partial charge in [-0.05, 0) is 54.4 Å². The zero-order valence-corrected chi connectivity index (χ0v) is 18.8. The summed E-state index contributed by atoms with van der Waals surface area (Å²) in [6.07, 6.45) is 3.76. The molecule has 5 aromatic rings. The molecule has 0 radical (unpaired) electrons. The minimum Gasteiger partial charge on any atom is -0.338 e. The summed E-state index contributed by atoms with van der Waals surface area (Å²) in [4.78, 5) is 39.6. The molecule has 2 aromatic heterocycles. The smallest absolute Gasteiger partial charge is 0.255 e. The van der Waals surface area contributed by atoms with Crippen LogP contribution in [0.4, 0.5) is 5.69 Å². The standard InChI is InChI=1S/C26H18ClN5O2/c1-15-10-16(17-12-28-24(14-33)29-13-17)6-8-19(15)26(34)30-18-7-9-21(27)20(11-18)25-31-22-4-2-3-5-23(22)32-25/h2-14H,1H3,(H,30,34)(H,31,32). The maximum absolute atomic E-state index is 13.0. The monoisotopic (exact) mass is 467 g/mol. The van der Waals surface area contributed by atoms with Crippen LogP contribution in [0.3, 0.4) is 0 Å². The normalized spacial score (nSPS) is 10.9. The maximum Gasteiger partial charge on any atom is 0.255 e. The topological polar surface area (TPSA) is 101 Å². The lowest BCUT2D eigenvalue weighted by molar-refractivity contribution is 0.102. The molecule has 0 saturated carbocycles. The zero-order chi connectivity index (χ0) is 23.7. The van der Waals surface area contributed by atoms with Crippen molar-refractivity contribution in [1.82, 2.24) is 19.9 Å². The summed E-state index contributed by atoms with van der Waals surface area (Å²) in [7, 11) is 0. The van der Waals surface area contributed by atoms with Crippen LogP contribution in [-0.2, 0) is 0 Å². The summed E-state index contributed by atoms with van der Waals surface area (Å²) < 4.78 is 0. The maximum atomic E-state index is 13.0. The van der Waals surface area contributed by atoms with Gasteiger partial charge in [-0.15, -0.1) is 0 Å². The summed E-state index contributed by atoms with van der Waals surface area (Å²) in [6.45, 7) is 1.86. The molecule has 34 heavy (non-hydrogen) atoms. The number of anilines is 1. The van der Waals surface area contributed by atoms with Crippen LogP contribution >= 0.6 is 11.6 Å². The van der Waals surface area contributed by atoms with Crippen LogP contribution < -0.4 is 5.32 Å². The average molecular weight is 468 g/mol. The average Bonchev–Trinajstić information content (AvgIpc) is 3.29. The highest BCUT2D eigenvalue weighted by Crippen LogP contribution is 2.30. The second-order valence-corrected chi connectivity index (χ2v) is 8.14. The number of benzene rings is 3. The fourth-order valence-corrected chi connectivity index (χ4v) is 3.92. The van der Waals surface area contributed by atoms with Crippen LogP contribution in [-0.4, -0.2) is 32.1 Å². The quantitative estimate of drug-likeness (QED) is 0.322. The van der Waals surface area contributed by atoms with Gasteiger partial charge in [0.1, 0.15) is 5.82 Å². The van der Waals surface area contributed by atoms with Crippen molar-refractivity contribution in [2.24, 2.45) is 0 Å². The van der Waals surface area contributed by atoms with Gasteiger partial charge in [0.15, 0.2) is 12.1 Å². The van der Waals surface area contributed by atoms with Gasteiger partial charge >= 0.3 is 0 Å². The first-order valence-electron chi connectivity index (χ1n) is 10.5. The van der Waals surface area contributed by atoms with Crippen LogP contribution in [0.15, 0.2) is 73.1 Å². The van der Waals surface area contributed by atoms with E-state index in [1.54, 1.807) is 36.7 Å². The number of carbonyl (C=O) groups excluding carboxylic acids is 2. The van der Waals surface area contributed by atoms with Crippen LogP contribution in [0, 0.1) is 6.92 Å². The highest BCUT2D eigenvalue weighted by atomic mass is 35.5. The Morgan fingerprint density at radius 3 is 2.53 bits per heavy atom. The van der Waals surface area contributed by atoms with Gasteiger partial charge in [-0.1, -0.05) is 35.9 Å². The van der Waals surface area contributed by atoms with Crippen LogP contribution in [0.25, 0.3) is 33.5 Å². The molecular formula is C26H18ClN5O2. The molecule has 0 aliphatic rings. The van der Waals surface area contributed by atoms with Crippen molar-refractivity contribution in [3.05, 3.63) is 95.0 Å². The predicted molar refractivity (Wildman–Crippen MR) is 132 cm³/mol. The van der Waals surface area contributed by atoms with E-state index in [4.69, 9.17) is 11.6 Å². The molecule has 0 aliphatic carbocycles. The van der Waals surface area contributed by atoms with Gasteiger partial charge in [-0.2, -0.15) is 0 Å². The third kappa shape index (κ3) is 4.16. The number of aromatic amines is 1. The highest BCUT2D eigenvalue weighted by Gasteiger charge is 2.14. The number of rotatable bonds is 5. The van der Waals surface area contributed by atoms with Gasteiger partial charge in [0.05, 0.1) is 16.1 Å². The van der Waals surface area contributed by atoms with E-state index in [0.717, 1.165) is 27.7 Å². The third-order valence-corrected chi connectivity index (χ3v) is 5.78. The molecule has 8 heteroatoms. The van der Waals surface area contributed by atoms with E-state index in [-0.39, 0.29) is 11.7 Å². The van der Waals surface area contributed by atoms with Crippen molar-refractivity contribution >= 4 is 40.5 Å². The number of imidazole rings is 1. The number of halogens is 1. The Hall–Kier alpha value is -4.36. The molecule has 2 heterocycles. The summed E-state index contributed by atoms with van der Waals surface area (Å²) >= 11 is 6.43. The third-order valence-electron chi connectivity index (χ3n) is 5.45. The van der Waals surface area contributed by atoms with Crippen LogP contribution in [0.5, 0.6) is 0 Å². The van der Waals surface area contributed by atoms with Gasteiger partial charge in [-0.3, -0.25) is 9.59 Å². The van der Waals surface area contributed by atoms with E-state index in [2.05, 4.69) is 25.3 Å². The van der Waals surface area contributed by atoms with E-state index >= 15 is 0 Å².